The first-order valence-electron chi connectivity index (χ1n) is 8.35. The van der Waals surface area contributed by atoms with Crippen LogP contribution in [0.5, 0.6) is 0 Å². The number of carbonyl (C=O) groups excluding carboxylic acids is 2. The van der Waals surface area contributed by atoms with Crippen LogP contribution in [0.15, 0.2) is 29.1 Å². The Kier molecular flexibility index (Phi) is 5.09. The van der Waals surface area contributed by atoms with Crippen LogP contribution >= 0.6 is 11.3 Å². The highest BCUT2D eigenvalue weighted by atomic mass is 32.1. The van der Waals surface area contributed by atoms with Crippen LogP contribution in [0.4, 0.5) is 5.69 Å². The summed E-state index contributed by atoms with van der Waals surface area (Å²) in [4.78, 5) is 44.6. The van der Waals surface area contributed by atoms with E-state index in [1.807, 2.05) is 13.8 Å². The van der Waals surface area contributed by atoms with Crippen molar-refractivity contribution in [1.29, 1.82) is 0 Å². The van der Waals surface area contributed by atoms with Crippen LogP contribution in [0.25, 0.3) is 10.2 Å². The normalized spacial score (nSPS) is 12.0. The molecule has 1 aromatic carbocycles. The SMILES string of the molecule is CC(=O)Nc1ccc(C(=O)O[C@H](C)c2nc3sc(C)c(C)c3c(=O)[nH]2)cc1. The van der Waals surface area contributed by atoms with Crippen molar-refractivity contribution in [3.8, 4) is 0 Å². The average Bonchev–Trinajstić information content (AvgIpc) is 2.89. The third-order valence-corrected chi connectivity index (χ3v) is 5.27. The second-order valence-electron chi connectivity index (χ2n) is 6.22. The van der Waals surface area contributed by atoms with Gasteiger partial charge < -0.3 is 15.0 Å². The quantitative estimate of drug-likeness (QED) is 0.670. The second kappa shape index (κ2) is 7.32. The van der Waals surface area contributed by atoms with Gasteiger partial charge in [-0.15, -0.1) is 11.3 Å². The Hall–Kier alpha value is -3.00. The molecule has 3 aromatic rings. The molecule has 1 atom stereocenters. The molecule has 0 spiro atoms. The topological polar surface area (TPSA) is 101 Å². The Morgan fingerprint density at radius 1 is 1.22 bits per heavy atom. The number of esters is 1. The molecule has 0 aliphatic carbocycles. The first-order chi connectivity index (χ1) is 12.8. The molecule has 7 nitrogen and oxygen atoms in total. The maximum absolute atomic E-state index is 12.4. The zero-order valence-corrected chi connectivity index (χ0v) is 16.2. The van der Waals surface area contributed by atoms with Gasteiger partial charge in [0.25, 0.3) is 5.56 Å². The number of aromatic amines is 1. The lowest BCUT2D eigenvalue weighted by Gasteiger charge is -2.13. The summed E-state index contributed by atoms with van der Waals surface area (Å²) in [5.74, 6) is -0.432. The van der Waals surface area contributed by atoms with Gasteiger partial charge in [0.05, 0.1) is 10.9 Å². The van der Waals surface area contributed by atoms with Gasteiger partial charge in [-0.2, -0.15) is 0 Å². The summed E-state index contributed by atoms with van der Waals surface area (Å²) < 4.78 is 5.43. The molecule has 0 aliphatic heterocycles. The number of H-pyrrole nitrogens is 1. The van der Waals surface area contributed by atoms with Crippen LogP contribution in [0.3, 0.4) is 0 Å². The van der Waals surface area contributed by atoms with E-state index >= 15 is 0 Å². The Morgan fingerprint density at radius 2 is 1.89 bits per heavy atom. The molecule has 3 rings (SSSR count). The van der Waals surface area contributed by atoms with Crippen molar-refractivity contribution in [2.45, 2.75) is 33.8 Å². The molecular formula is C19H19N3O4S. The number of fused-ring (bicyclic) bond motifs is 1. The molecule has 0 saturated carbocycles. The number of nitrogens with one attached hydrogen (secondary N) is 2. The molecule has 2 N–H and O–H groups in total. The number of hydrogen-bond donors (Lipinski definition) is 2. The van der Waals surface area contributed by atoms with E-state index in [0.717, 1.165) is 10.4 Å². The molecule has 0 unspecified atom stereocenters. The Morgan fingerprint density at radius 3 is 2.52 bits per heavy atom. The van der Waals surface area contributed by atoms with Crippen LogP contribution in [0, 0.1) is 13.8 Å². The van der Waals surface area contributed by atoms with Gasteiger partial charge in [0.1, 0.15) is 4.83 Å². The molecule has 0 fully saturated rings. The molecule has 140 valence electrons. The minimum atomic E-state index is -0.715. The van der Waals surface area contributed by atoms with Crippen LogP contribution in [-0.4, -0.2) is 21.8 Å². The number of ether oxygens (including phenoxy) is 1. The van der Waals surface area contributed by atoms with Crippen LogP contribution in [0.1, 0.15) is 46.6 Å². The Bertz CT molecular complexity index is 1080. The smallest absolute Gasteiger partial charge is 0.338 e. The third kappa shape index (κ3) is 3.90. The summed E-state index contributed by atoms with van der Waals surface area (Å²) in [6, 6.07) is 6.36. The standard InChI is InChI=1S/C19H19N3O4S/c1-9-11(3)27-18-15(9)17(24)21-16(22-18)10(2)26-19(25)13-5-7-14(8-6-13)20-12(4)23/h5-8,10H,1-4H3,(H,20,23)(H,21,22,24)/t10-/m1/s1. The van der Waals surface area contributed by atoms with Crippen molar-refractivity contribution in [2.24, 2.45) is 0 Å². The Balaban J connectivity index is 1.79. The van der Waals surface area contributed by atoms with Gasteiger partial charge in [0.2, 0.25) is 5.91 Å². The maximum atomic E-state index is 12.4. The molecule has 0 aliphatic rings. The lowest BCUT2D eigenvalue weighted by Crippen LogP contribution is -2.17. The van der Waals surface area contributed by atoms with Crippen LogP contribution in [0.2, 0.25) is 0 Å². The van der Waals surface area contributed by atoms with Crippen LogP contribution in [-0.2, 0) is 9.53 Å². The minimum absolute atomic E-state index is 0.191. The van der Waals surface area contributed by atoms with Gasteiger partial charge in [-0.05, 0) is 50.6 Å². The summed E-state index contributed by atoms with van der Waals surface area (Å²) in [5, 5.41) is 3.20. The monoisotopic (exact) mass is 385 g/mol. The number of aromatic nitrogens is 2. The molecule has 2 aromatic heterocycles. The zero-order chi connectivity index (χ0) is 19.7. The van der Waals surface area contributed by atoms with Gasteiger partial charge in [-0.3, -0.25) is 9.59 Å². The minimum Gasteiger partial charge on any atom is -0.451 e. The predicted molar refractivity (Wildman–Crippen MR) is 104 cm³/mol. The fourth-order valence-electron chi connectivity index (χ4n) is 2.64. The predicted octanol–water partition coefficient (Wildman–Crippen LogP) is 3.48. The van der Waals surface area contributed by atoms with Crippen LogP contribution < -0.4 is 10.9 Å². The van der Waals surface area contributed by atoms with E-state index in [2.05, 4.69) is 15.3 Å². The fraction of sp³-hybridized carbons (Fsp3) is 0.263. The molecule has 27 heavy (non-hydrogen) atoms. The van der Waals surface area contributed by atoms with Gasteiger partial charge >= 0.3 is 5.97 Å². The highest BCUT2D eigenvalue weighted by molar-refractivity contribution is 7.18. The lowest BCUT2D eigenvalue weighted by atomic mass is 10.2. The van der Waals surface area contributed by atoms with Gasteiger partial charge in [-0.25, -0.2) is 9.78 Å². The number of rotatable bonds is 4. The summed E-state index contributed by atoms with van der Waals surface area (Å²) in [6.45, 7) is 6.89. The molecule has 0 radical (unpaired) electrons. The first kappa shape index (κ1) is 18.8. The van der Waals surface area contributed by atoms with Crippen molar-refractivity contribution < 1.29 is 14.3 Å². The van der Waals surface area contributed by atoms with E-state index < -0.39 is 12.1 Å². The fourth-order valence-corrected chi connectivity index (χ4v) is 3.68. The number of nitrogens with zero attached hydrogens (tertiary/aromatic N) is 1. The molecule has 8 heteroatoms. The van der Waals surface area contributed by atoms with E-state index in [4.69, 9.17) is 4.74 Å². The van der Waals surface area contributed by atoms with E-state index in [1.54, 1.807) is 31.2 Å². The van der Waals surface area contributed by atoms with E-state index in [0.29, 0.717) is 27.3 Å². The highest BCUT2D eigenvalue weighted by Crippen LogP contribution is 2.27. The molecule has 1 amide bonds. The lowest BCUT2D eigenvalue weighted by molar-refractivity contribution is -0.114. The third-order valence-electron chi connectivity index (χ3n) is 4.17. The Labute approximate surface area is 159 Å². The zero-order valence-electron chi connectivity index (χ0n) is 15.4. The van der Waals surface area contributed by atoms with Crippen molar-refractivity contribution in [3.05, 3.63) is 56.4 Å². The molecule has 0 bridgehead atoms. The number of hydrogen-bond acceptors (Lipinski definition) is 6. The first-order valence-corrected chi connectivity index (χ1v) is 9.16. The molecular weight excluding hydrogens is 366 g/mol. The number of anilines is 1. The average molecular weight is 385 g/mol. The maximum Gasteiger partial charge on any atom is 0.338 e. The number of aryl methyl sites for hydroxylation is 2. The highest BCUT2D eigenvalue weighted by Gasteiger charge is 2.19. The van der Waals surface area contributed by atoms with Gasteiger partial charge in [-0.1, -0.05) is 0 Å². The van der Waals surface area contributed by atoms with Gasteiger partial charge in [0.15, 0.2) is 11.9 Å². The number of thiophene rings is 1. The molecule has 0 saturated heterocycles. The second-order valence-corrected chi connectivity index (χ2v) is 7.42. The number of amides is 1. The summed E-state index contributed by atoms with van der Waals surface area (Å²) in [6.07, 6.45) is -0.715. The van der Waals surface area contributed by atoms with Crippen molar-refractivity contribution in [3.63, 3.8) is 0 Å². The van der Waals surface area contributed by atoms with Gasteiger partial charge in [0, 0.05) is 17.5 Å². The van der Waals surface area contributed by atoms with E-state index in [-0.39, 0.29) is 11.5 Å². The number of carbonyl (C=O) groups is 2. The van der Waals surface area contributed by atoms with Crippen molar-refractivity contribution in [1.82, 2.24) is 9.97 Å². The summed E-state index contributed by atoms with van der Waals surface area (Å²) in [5.41, 5.74) is 1.60. The number of benzene rings is 1. The van der Waals surface area contributed by atoms with Crippen molar-refractivity contribution >= 4 is 39.1 Å². The largest absolute Gasteiger partial charge is 0.451 e. The van der Waals surface area contributed by atoms with E-state index in [9.17, 15) is 14.4 Å². The van der Waals surface area contributed by atoms with E-state index in [1.165, 1.54) is 18.3 Å². The summed E-state index contributed by atoms with van der Waals surface area (Å²) in [7, 11) is 0. The molecule has 2 heterocycles. The van der Waals surface area contributed by atoms with Crippen molar-refractivity contribution in [2.75, 3.05) is 5.32 Å². The summed E-state index contributed by atoms with van der Waals surface area (Å²) >= 11 is 1.44.